The molecule has 0 spiro atoms. The predicted octanol–water partition coefficient (Wildman–Crippen LogP) is 7.00. The Hall–Kier alpha value is -2.71. The third kappa shape index (κ3) is 3.73. The topological polar surface area (TPSA) is 30.7 Å². The maximum Gasteiger partial charge on any atom is 0.416 e. The molecule has 2 aromatic carbocycles. The van der Waals surface area contributed by atoms with Crippen LogP contribution in [-0.2, 0) is 13.2 Å². The summed E-state index contributed by atoms with van der Waals surface area (Å²) >= 11 is 7.56. The van der Waals surface area contributed by atoms with Gasteiger partial charge in [0.2, 0.25) is 0 Å². The van der Waals surface area contributed by atoms with E-state index in [0.717, 1.165) is 27.5 Å². The molecule has 0 saturated heterocycles. The van der Waals surface area contributed by atoms with Crippen LogP contribution < -0.4 is 0 Å². The van der Waals surface area contributed by atoms with Crippen molar-refractivity contribution in [3.05, 3.63) is 69.8 Å². The lowest BCUT2D eigenvalue weighted by atomic mass is 10.1. The summed E-state index contributed by atoms with van der Waals surface area (Å²) in [5, 5.41) is 4.51. The molecule has 4 rings (SSSR count). The van der Waals surface area contributed by atoms with Crippen LogP contribution in [0.3, 0.4) is 0 Å². The van der Waals surface area contributed by atoms with Crippen LogP contribution in [0.15, 0.2) is 48.5 Å². The molecule has 0 fully saturated rings. The molecular formula is C21H14ClF4N3S. The first-order valence-corrected chi connectivity index (χ1v) is 9.98. The second-order valence-corrected chi connectivity index (χ2v) is 8.30. The molecule has 4 aromatic rings. The van der Waals surface area contributed by atoms with Crippen LogP contribution in [0.2, 0.25) is 5.02 Å². The number of aromatic nitrogens is 3. The van der Waals surface area contributed by atoms with Gasteiger partial charge in [0.15, 0.2) is 11.6 Å². The largest absolute Gasteiger partial charge is 0.416 e. The van der Waals surface area contributed by atoms with Gasteiger partial charge in [-0.3, -0.25) is 0 Å². The molecule has 0 N–H and O–H groups in total. The van der Waals surface area contributed by atoms with E-state index in [2.05, 4.69) is 10.1 Å². The molecule has 0 bridgehead atoms. The van der Waals surface area contributed by atoms with E-state index in [0.29, 0.717) is 11.4 Å². The summed E-state index contributed by atoms with van der Waals surface area (Å²) in [5.74, 6) is 0.153. The van der Waals surface area contributed by atoms with Crippen molar-refractivity contribution in [3.8, 4) is 33.2 Å². The normalized spacial score (nSPS) is 11.8. The van der Waals surface area contributed by atoms with Crippen molar-refractivity contribution >= 4 is 22.9 Å². The van der Waals surface area contributed by atoms with Crippen LogP contribution in [0.25, 0.3) is 33.2 Å². The lowest BCUT2D eigenvalue weighted by molar-refractivity contribution is -0.137. The number of thiophene rings is 1. The van der Waals surface area contributed by atoms with Gasteiger partial charge in [-0.25, -0.2) is 14.1 Å². The lowest BCUT2D eigenvalue weighted by Gasteiger charge is -2.06. The third-order valence-corrected chi connectivity index (χ3v) is 6.02. The number of rotatable bonds is 3. The molecule has 0 amide bonds. The summed E-state index contributed by atoms with van der Waals surface area (Å²) in [6.07, 6.45) is -4.38. The molecule has 0 atom stereocenters. The van der Waals surface area contributed by atoms with Crippen LogP contribution in [0.4, 0.5) is 17.6 Å². The SMILES string of the molecule is Cc1sc(-c2ccc(C(F)(F)F)cc2)cc1-c1nc(-c2c(F)cccc2Cl)nn1C. The van der Waals surface area contributed by atoms with E-state index >= 15 is 0 Å². The first-order chi connectivity index (χ1) is 14.1. The first-order valence-electron chi connectivity index (χ1n) is 8.79. The molecule has 2 heterocycles. The number of hydrogen-bond acceptors (Lipinski definition) is 3. The van der Waals surface area contributed by atoms with E-state index < -0.39 is 17.6 Å². The van der Waals surface area contributed by atoms with Crippen LogP contribution in [0, 0.1) is 12.7 Å². The molecule has 0 aliphatic carbocycles. The second-order valence-electron chi connectivity index (χ2n) is 6.63. The van der Waals surface area contributed by atoms with Gasteiger partial charge < -0.3 is 0 Å². The smallest absolute Gasteiger partial charge is 0.248 e. The number of aryl methyl sites for hydroxylation is 2. The van der Waals surface area contributed by atoms with Crippen molar-refractivity contribution in [2.45, 2.75) is 13.1 Å². The van der Waals surface area contributed by atoms with Gasteiger partial charge >= 0.3 is 6.18 Å². The molecule has 0 saturated carbocycles. The number of benzene rings is 2. The lowest BCUT2D eigenvalue weighted by Crippen LogP contribution is -2.03. The number of alkyl halides is 3. The molecule has 9 heteroatoms. The van der Waals surface area contributed by atoms with E-state index in [-0.39, 0.29) is 16.4 Å². The summed E-state index contributed by atoms with van der Waals surface area (Å²) in [4.78, 5) is 6.18. The van der Waals surface area contributed by atoms with Crippen molar-refractivity contribution in [1.29, 1.82) is 0 Å². The van der Waals surface area contributed by atoms with Crippen molar-refractivity contribution in [2.75, 3.05) is 0 Å². The first kappa shape index (κ1) is 20.6. The van der Waals surface area contributed by atoms with E-state index in [4.69, 9.17) is 11.6 Å². The zero-order valence-corrected chi connectivity index (χ0v) is 17.3. The third-order valence-electron chi connectivity index (χ3n) is 4.60. The van der Waals surface area contributed by atoms with E-state index in [1.165, 1.54) is 40.3 Å². The Kier molecular flexibility index (Phi) is 5.15. The molecule has 0 unspecified atom stereocenters. The van der Waals surface area contributed by atoms with Gasteiger partial charge in [-0.1, -0.05) is 29.8 Å². The molecule has 0 aliphatic heterocycles. The fourth-order valence-corrected chi connectivity index (χ4v) is 4.37. The molecular weight excluding hydrogens is 438 g/mol. The van der Waals surface area contributed by atoms with E-state index in [9.17, 15) is 17.6 Å². The van der Waals surface area contributed by atoms with Crippen molar-refractivity contribution < 1.29 is 17.6 Å². The summed E-state index contributed by atoms with van der Waals surface area (Å²) < 4.78 is 54.2. The van der Waals surface area contributed by atoms with Crippen molar-refractivity contribution in [3.63, 3.8) is 0 Å². The quantitative estimate of drug-likeness (QED) is 0.314. The molecule has 154 valence electrons. The van der Waals surface area contributed by atoms with Gasteiger partial charge in [-0.05, 0) is 42.8 Å². The van der Waals surface area contributed by atoms with Gasteiger partial charge in [0.25, 0.3) is 0 Å². The number of nitrogens with zero attached hydrogens (tertiary/aromatic N) is 3. The van der Waals surface area contributed by atoms with Crippen LogP contribution in [0.1, 0.15) is 10.4 Å². The Morgan fingerprint density at radius 2 is 1.77 bits per heavy atom. The summed E-state index contributed by atoms with van der Waals surface area (Å²) in [6.45, 7) is 1.89. The Bertz CT molecular complexity index is 1210. The summed E-state index contributed by atoms with van der Waals surface area (Å²) in [5.41, 5.74) is 0.863. The summed E-state index contributed by atoms with van der Waals surface area (Å²) in [7, 11) is 1.69. The molecule has 2 aromatic heterocycles. The van der Waals surface area contributed by atoms with E-state index in [1.54, 1.807) is 13.1 Å². The number of hydrogen-bond donors (Lipinski definition) is 0. The average Bonchev–Trinajstić information content (AvgIpc) is 3.23. The minimum atomic E-state index is -4.38. The standard InChI is InChI=1S/C21H14ClF4N3S/c1-11-14(10-17(30-11)12-6-8-13(9-7-12)21(24,25)26)20-27-19(28-29(20)2)18-15(22)4-3-5-16(18)23/h3-10H,1-2H3. The van der Waals surface area contributed by atoms with Gasteiger partial charge in [-0.15, -0.1) is 11.3 Å². The van der Waals surface area contributed by atoms with Crippen molar-refractivity contribution in [2.24, 2.45) is 7.05 Å². The maximum absolute atomic E-state index is 14.2. The fourth-order valence-electron chi connectivity index (χ4n) is 3.11. The molecule has 3 nitrogen and oxygen atoms in total. The van der Waals surface area contributed by atoms with Gasteiger partial charge in [0.05, 0.1) is 16.1 Å². The molecule has 30 heavy (non-hydrogen) atoms. The van der Waals surface area contributed by atoms with Gasteiger partial charge in [0, 0.05) is 22.4 Å². The van der Waals surface area contributed by atoms with Crippen LogP contribution in [-0.4, -0.2) is 14.8 Å². The highest BCUT2D eigenvalue weighted by atomic mass is 35.5. The molecule has 0 aliphatic rings. The Morgan fingerprint density at radius 3 is 2.40 bits per heavy atom. The van der Waals surface area contributed by atoms with E-state index in [1.807, 2.05) is 13.0 Å². The Labute approximate surface area is 178 Å². The van der Waals surface area contributed by atoms with Crippen LogP contribution in [0.5, 0.6) is 0 Å². The Balaban J connectivity index is 1.73. The predicted molar refractivity (Wildman–Crippen MR) is 110 cm³/mol. The van der Waals surface area contributed by atoms with Gasteiger partial charge in [-0.2, -0.15) is 18.3 Å². The fraction of sp³-hybridized carbons (Fsp3) is 0.143. The Morgan fingerprint density at radius 1 is 1.07 bits per heavy atom. The highest BCUT2D eigenvalue weighted by Gasteiger charge is 2.30. The molecule has 0 radical (unpaired) electrons. The zero-order valence-electron chi connectivity index (χ0n) is 15.8. The average molecular weight is 452 g/mol. The highest BCUT2D eigenvalue weighted by molar-refractivity contribution is 7.16. The minimum Gasteiger partial charge on any atom is -0.248 e. The minimum absolute atomic E-state index is 0.122. The highest BCUT2D eigenvalue weighted by Crippen LogP contribution is 2.38. The monoisotopic (exact) mass is 451 g/mol. The second kappa shape index (κ2) is 7.52. The maximum atomic E-state index is 14.2. The van der Waals surface area contributed by atoms with Crippen LogP contribution >= 0.6 is 22.9 Å². The summed E-state index contributed by atoms with van der Waals surface area (Å²) in [6, 6.07) is 11.2. The zero-order chi connectivity index (χ0) is 21.6. The van der Waals surface area contributed by atoms with Gasteiger partial charge in [0.1, 0.15) is 5.82 Å². The number of halogens is 5. The van der Waals surface area contributed by atoms with Crippen molar-refractivity contribution in [1.82, 2.24) is 14.8 Å².